The number of sulfonamides is 1. The second-order valence-corrected chi connectivity index (χ2v) is 19.6. The van der Waals surface area contributed by atoms with Crippen molar-refractivity contribution >= 4 is 39.6 Å². The number of nitrogens with zero attached hydrogens (tertiary/aromatic N) is 2. The van der Waals surface area contributed by atoms with Gasteiger partial charge in [-0.2, -0.15) is 4.31 Å². The van der Waals surface area contributed by atoms with Gasteiger partial charge in [0.15, 0.2) is 0 Å². The lowest BCUT2D eigenvalue weighted by Crippen LogP contribution is -2.62. The molecule has 0 aliphatic carbocycles. The van der Waals surface area contributed by atoms with Crippen LogP contribution in [0, 0.1) is 43.4 Å². The molecule has 0 spiro atoms. The smallest absolute Gasteiger partial charge is 0.315 e. The molecule has 0 aromatic heterocycles. The number of urea groups is 1. The summed E-state index contributed by atoms with van der Waals surface area (Å²) in [5, 5.41) is 11.1. The monoisotopic (exact) mass is 788 g/mol. The van der Waals surface area contributed by atoms with Crippen LogP contribution in [0.4, 0.5) is 4.79 Å². The fourth-order valence-corrected chi connectivity index (χ4v) is 8.80. The van der Waals surface area contributed by atoms with Crippen molar-refractivity contribution in [2.24, 2.45) is 22.7 Å². The molecule has 4 N–H and O–H groups in total. The van der Waals surface area contributed by atoms with E-state index in [1.165, 1.54) is 22.3 Å². The van der Waals surface area contributed by atoms with Crippen LogP contribution < -0.4 is 21.3 Å². The lowest BCUT2D eigenvalue weighted by Gasteiger charge is -2.38. The molecule has 1 aromatic carbocycles. The number of ketones is 1. The number of carbonyl (C=O) groups is 5. The predicted octanol–water partition coefficient (Wildman–Crippen LogP) is 4.78. The first-order chi connectivity index (χ1) is 25.3. The maximum Gasteiger partial charge on any atom is 0.315 e. The standard InChI is InChI=1S/C41H68N6O7S/c1-15-17-18-30(33(48)37(50)42-20-16-2)43-36(49)32-29(25(3)4)19-21-47(32)38(51)35(41(11,12)13)45-39(52)44-31(40(8,9)10)24-46(14)55(53,54)34-27(6)22-26(5)23-28(34)7/h16,22-23,25,29-32,35H,2,15,17-21,24H2,1,3-14H3,(H,42,50)(H,43,49)(H2,44,45,52)/t29?,30?,31-,32+,35-/m1/s1. The lowest BCUT2D eigenvalue weighted by molar-refractivity contribution is -0.144. The molecule has 1 fully saturated rings. The summed E-state index contributed by atoms with van der Waals surface area (Å²) in [6.45, 7) is 26.4. The van der Waals surface area contributed by atoms with Crippen molar-refractivity contribution in [2.75, 3.05) is 26.7 Å². The first-order valence-electron chi connectivity index (χ1n) is 19.4. The Labute approximate surface area is 330 Å². The van der Waals surface area contributed by atoms with Crippen molar-refractivity contribution in [3.8, 4) is 0 Å². The normalized spacial score (nSPS) is 18.1. The number of hydrogen-bond acceptors (Lipinski definition) is 7. The van der Waals surface area contributed by atoms with Crippen molar-refractivity contribution in [2.45, 2.75) is 138 Å². The van der Waals surface area contributed by atoms with Crippen molar-refractivity contribution in [1.29, 1.82) is 0 Å². The Hall–Kier alpha value is -3.78. The zero-order chi connectivity index (χ0) is 42.2. The molecule has 5 amide bonds. The Bertz CT molecular complexity index is 1650. The van der Waals surface area contributed by atoms with Gasteiger partial charge in [-0.25, -0.2) is 13.2 Å². The van der Waals surface area contributed by atoms with Crippen molar-refractivity contribution in [3.63, 3.8) is 0 Å². The SMILES string of the molecule is C=CCNC(=O)C(=O)C(CCCC)NC(=O)[C@@H]1C(C(C)C)CCN1C(=O)[C@@H](NC(=O)N[C@H](CN(C)S(=O)(=O)c1c(C)cc(C)cc1C)C(C)(C)C)C(C)(C)C. The topological polar surface area (TPSA) is 174 Å². The summed E-state index contributed by atoms with van der Waals surface area (Å²) >= 11 is 0. The van der Waals surface area contributed by atoms with E-state index in [2.05, 4.69) is 27.8 Å². The van der Waals surface area contributed by atoms with Crippen LogP contribution >= 0.6 is 0 Å². The molecular weight excluding hydrogens is 721 g/mol. The molecule has 0 bridgehead atoms. The highest BCUT2D eigenvalue weighted by atomic mass is 32.2. The third kappa shape index (κ3) is 12.4. The van der Waals surface area contributed by atoms with E-state index in [1.807, 2.05) is 81.4 Å². The summed E-state index contributed by atoms with van der Waals surface area (Å²) in [6, 6.07) is -0.738. The minimum absolute atomic E-state index is 0.00637. The first-order valence-corrected chi connectivity index (χ1v) is 20.9. The highest BCUT2D eigenvalue weighted by Gasteiger charge is 2.48. The fourth-order valence-electron chi connectivity index (χ4n) is 7.21. The van der Waals surface area contributed by atoms with Gasteiger partial charge in [0.2, 0.25) is 27.6 Å². The van der Waals surface area contributed by atoms with Crippen LogP contribution in [0.2, 0.25) is 0 Å². The van der Waals surface area contributed by atoms with Gasteiger partial charge in [-0.05, 0) is 67.4 Å². The predicted molar refractivity (Wildman–Crippen MR) is 217 cm³/mol. The molecule has 5 atom stereocenters. The van der Waals surface area contributed by atoms with Crippen LogP contribution in [0.1, 0.15) is 105 Å². The minimum atomic E-state index is -3.92. The molecule has 2 rings (SSSR count). The number of benzene rings is 1. The minimum Gasteiger partial charge on any atom is -0.346 e. The van der Waals surface area contributed by atoms with Crippen molar-refractivity contribution in [1.82, 2.24) is 30.5 Å². The quantitative estimate of drug-likeness (QED) is 0.130. The average molecular weight is 789 g/mol. The van der Waals surface area contributed by atoms with Gasteiger partial charge in [-0.3, -0.25) is 19.2 Å². The van der Waals surface area contributed by atoms with Gasteiger partial charge < -0.3 is 26.2 Å². The Balaban J connectivity index is 2.39. The lowest BCUT2D eigenvalue weighted by atomic mass is 9.84. The molecule has 14 heteroatoms. The highest BCUT2D eigenvalue weighted by Crippen LogP contribution is 2.34. The van der Waals surface area contributed by atoms with Gasteiger partial charge in [-0.1, -0.05) is 98.9 Å². The molecule has 1 aliphatic rings. The number of carbonyl (C=O) groups excluding carboxylic acids is 5. The third-order valence-electron chi connectivity index (χ3n) is 10.4. The van der Waals surface area contributed by atoms with Gasteiger partial charge >= 0.3 is 6.03 Å². The molecule has 0 saturated carbocycles. The van der Waals surface area contributed by atoms with E-state index in [9.17, 15) is 32.4 Å². The van der Waals surface area contributed by atoms with Crippen LogP contribution in [0.15, 0.2) is 29.7 Å². The van der Waals surface area contributed by atoms with E-state index in [-0.39, 0.29) is 42.8 Å². The van der Waals surface area contributed by atoms with Crippen LogP contribution in [-0.2, 0) is 29.2 Å². The zero-order valence-corrected chi connectivity index (χ0v) is 36.3. The zero-order valence-electron chi connectivity index (χ0n) is 35.5. The molecule has 1 aromatic rings. The molecule has 2 unspecified atom stereocenters. The van der Waals surface area contributed by atoms with E-state index >= 15 is 0 Å². The number of hydrogen-bond donors (Lipinski definition) is 4. The number of rotatable bonds is 17. The number of nitrogens with one attached hydrogen (secondary N) is 4. The van der Waals surface area contributed by atoms with Crippen molar-refractivity contribution in [3.05, 3.63) is 41.5 Å². The summed E-state index contributed by atoms with van der Waals surface area (Å²) in [5.74, 6) is -2.79. The molecule has 13 nitrogen and oxygen atoms in total. The second kappa shape index (κ2) is 19.4. The maximum atomic E-state index is 14.5. The Morgan fingerprint density at radius 1 is 0.964 bits per heavy atom. The molecule has 1 heterocycles. The molecule has 55 heavy (non-hydrogen) atoms. The molecule has 1 aliphatic heterocycles. The molecule has 1 saturated heterocycles. The van der Waals surface area contributed by atoms with Crippen LogP contribution in [0.5, 0.6) is 0 Å². The van der Waals surface area contributed by atoms with Gasteiger partial charge in [-0.15, -0.1) is 6.58 Å². The third-order valence-corrected chi connectivity index (χ3v) is 12.5. The van der Waals surface area contributed by atoms with Crippen molar-refractivity contribution < 1.29 is 32.4 Å². The number of likely N-dealkylation sites (tertiary alicyclic amines) is 1. The van der Waals surface area contributed by atoms with Crippen LogP contribution in [0.3, 0.4) is 0 Å². The Morgan fingerprint density at radius 2 is 1.55 bits per heavy atom. The average Bonchev–Trinajstić information content (AvgIpc) is 3.51. The summed E-state index contributed by atoms with van der Waals surface area (Å²) in [5.41, 5.74) is 0.850. The number of unbranched alkanes of at least 4 members (excludes halogenated alkanes) is 1. The van der Waals surface area contributed by atoms with E-state index < -0.39 is 74.6 Å². The number of amides is 5. The van der Waals surface area contributed by atoms with E-state index in [0.29, 0.717) is 24.0 Å². The first kappa shape index (κ1) is 47.4. The highest BCUT2D eigenvalue weighted by molar-refractivity contribution is 7.89. The van der Waals surface area contributed by atoms with Gasteiger partial charge in [0.05, 0.1) is 10.9 Å². The number of aryl methyl sites for hydroxylation is 3. The Kier molecular flexibility index (Phi) is 16.7. The molecular formula is C41H68N6O7S. The van der Waals surface area contributed by atoms with Gasteiger partial charge in [0.25, 0.3) is 5.91 Å². The summed E-state index contributed by atoms with van der Waals surface area (Å²) in [4.78, 5) is 70.0. The van der Waals surface area contributed by atoms with E-state index in [1.54, 1.807) is 13.8 Å². The van der Waals surface area contributed by atoms with Crippen LogP contribution in [-0.4, -0.2) is 98.0 Å². The van der Waals surface area contributed by atoms with Gasteiger partial charge in [0.1, 0.15) is 12.1 Å². The molecule has 0 radical (unpaired) electrons. The summed E-state index contributed by atoms with van der Waals surface area (Å²) in [6.07, 6.45) is 3.59. The fraction of sp³-hybridized carbons (Fsp3) is 0.683. The van der Waals surface area contributed by atoms with E-state index in [0.717, 1.165) is 12.0 Å². The van der Waals surface area contributed by atoms with Gasteiger partial charge in [0, 0.05) is 32.7 Å². The summed E-state index contributed by atoms with van der Waals surface area (Å²) < 4.78 is 28.9. The number of likely N-dealkylation sites (N-methyl/N-ethyl adjacent to an activating group) is 1. The van der Waals surface area contributed by atoms with Crippen LogP contribution in [0.25, 0.3) is 0 Å². The second-order valence-electron chi connectivity index (χ2n) is 17.6. The summed E-state index contributed by atoms with van der Waals surface area (Å²) in [7, 11) is -2.43. The van der Waals surface area contributed by atoms with E-state index in [4.69, 9.17) is 0 Å². The maximum absolute atomic E-state index is 14.5. The Morgan fingerprint density at radius 3 is 2.04 bits per heavy atom. The number of Topliss-reactive ketones (excluding diaryl/α,β-unsaturated/α-hetero) is 1. The molecule has 310 valence electrons. The largest absolute Gasteiger partial charge is 0.346 e.